The van der Waals surface area contributed by atoms with E-state index in [4.69, 9.17) is 16.6 Å². The topological polar surface area (TPSA) is 104 Å². The van der Waals surface area contributed by atoms with Crippen molar-refractivity contribution in [1.82, 2.24) is 19.4 Å². The average molecular weight is 499 g/mol. The van der Waals surface area contributed by atoms with Crippen molar-refractivity contribution in [2.75, 3.05) is 36.4 Å². The summed E-state index contributed by atoms with van der Waals surface area (Å²) in [5.74, 6) is -0.534. The molecule has 4 rings (SSSR count). The van der Waals surface area contributed by atoms with E-state index in [-0.39, 0.29) is 22.4 Å². The summed E-state index contributed by atoms with van der Waals surface area (Å²) >= 11 is 5.91. The van der Waals surface area contributed by atoms with E-state index in [0.29, 0.717) is 28.6 Å². The molecule has 1 atom stereocenters. The molecule has 186 valence electrons. The standard InChI is InChI=1S/C25H31ClN6O3/c1-14(2)31-8-10-32(11-9-31)25-29-21-17(12-15(3)13-18(21)23(33)30(25)5)16(4)27-19-6-7-20(26)28-22(19)24(34)35/h6-7,12-14,16,27H,8-11H2,1-5H3,(H,34,35)/t16-/m1/s1. The molecule has 10 heteroatoms. The number of nitrogens with one attached hydrogen (secondary N) is 1. The third-order valence-electron chi connectivity index (χ3n) is 6.56. The van der Waals surface area contributed by atoms with Crippen molar-refractivity contribution in [3.05, 3.63) is 56.6 Å². The zero-order valence-electron chi connectivity index (χ0n) is 20.7. The first-order valence-electron chi connectivity index (χ1n) is 11.7. The SMILES string of the molecule is Cc1cc([C@@H](C)Nc2ccc(Cl)nc2C(=O)O)c2nc(N3CCN(C(C)C)CC3)n(C)c(=O)c2c1. The number of fused-ring (bicyclic) bond motifs is 1. The van der Waals surface area contributed by atoms with Gasteiger partial charge in [-0.15, -0.1) is 0 Å². The lowest BCUT2D eigenvalue weighted by atomic mass is 10.0. The third kappa shape index (κ3) is 4.97. The predicted molar refractivity (Wildman–Crippen MR) is 139 cm³/mol. The molecule has 0 saturated carbocycles. The fourth-order valence-corrected chi connectivity index (χ4v) is 4.77. The van der Waals surface area contributed by atoms with E-state index in [1.807, 2.05) is 26.0 Å². The number of hydrogen-bond donors (Lipinski definition) is 2. The van der Waals surface area contributed by atoms with Crippen molar-refractivity contribution >= 4 is 40.1 Å². The molecule has 0 aliphatic carbocycles. The van der Waals surface area contributed by atoms with Crippen LogP contribution in [-0.2, 0) is 7.05 Å². The van der Waals surface area contributed by atoms with Crippen LogP contribution in [0.4, 0.5) is 11.6 Å². The maximum Gasteiger partial charge on any atom is 0.356 e. The molecule has 1 aliphatic rings. The van der Waals surface area contributed by atoms with E-state index in [0.717, 1.165) is 37.3 Å². The number of aromatic carboxylic acids is 1. The molecular formula is C25H31ClN6O3. The Kier molecular flexibility index (Phi) is 7.00. The monoisotopic (exact) mass is 498 g/mol. The molecule has 9 nitrogen and oxygen atoms in total. The molecule has 1 aromatic carbocycles. The van der Waals surface area contributed by atoms with Gasteiger partial charge in [0.15, 0.2) is 5.69 Å². The summed E-state index contributed by atoms with van der Waals surface area (Å²) in [5, 5.41) is 13.4. The minimum Gasteiger partial charge on any atom is -0.476 e. The van der Waals surface area contributed by atoms with Gasteiger partial charge >= 0.3 is 5.97 Å². The number of anilines is 2. The summed E-state index contributed by atoms with van der Waals surface area (Å²) in [4.78, 5) is 38.6. The zero-order valence-corrected chi connectivity index (χ0v) is 21.4. The molecule has 2 N–H and O–H groups in total. The van der Waals surface area contributed by atoms with Crippen LogP contribution in [0.2, 0.25) is 5.15 Å². The van der Waals surface area contributed by atoms with Gasteiger partial charge in [-0.05, 0) is 51.5 Å². The van der Waals surface area contributed by atoms with Gasteiger partial charge in [0.1, 0.15) is 5.15 Å². The molecule has 0 radical (unpaired) electrons. The van der Waals surface area contributed by atoms with Crippen LogP contribution in [0.15, 0.2) is 29.1 Å². The second-order valence-electron chi connectivity index (χ2n) is 9.34. The highest BCUT2D eigenvalue weighted by Crippen LogP contribution is 2.29. The largest absolute Gasteiger partial charge is 0.476 e. The summed E-state index contributed by atoms with van der Waals surface area (Å²) < 4.78 is 1.63. The Morgan fingerprint density at radius 3 is 2.43 bits per heavy atom. The summed E-state index contributed by atoms with van der Waals surface area (Å²) in [6.45, 7) is 11.6. The summed E-state index contributed by atoms with van der Waals surface area (Å²) in [7, 11) is 1.77. The van der Waals surface area contributed by atoms with Crippen LogP contribution in [0.5, 0.6) is 0 Å². The first-order chi connectivity index (χ1) is 16.6. The number of aryl methyl sites for hydroxylation is 1. The van der Waals surface area contributed by atoms with Crippen LogP contribution in [0.3, 0.4) is 0 Å². The predicted octanol–water partition coefficient (Wildman–Crippen LogP) is 3.69. The van der Waals surface area contributed by atoms with Crippen molar-refractivity contribution in [2.45, 2.75) is 39.8 Å². The first kappa shape index (κ1) is 24.9. The van der Waals surface area contributed by atoms with E-state index < -0.39 is 5.97 Å². The van der Waals surface area contributed by atoms with Crippen LogP contribution in [0, 0.1) is 6.92 Å². The van der Waals surface area contributed by atoms with Gasteiger partial charge in [-0.3, -0.25) is 14.3 Å². The molecule has 0 amide bonds. The van der Waals surface area contributed by atoms with E-state index >= 15 is 0 Å². The van der Waals surface area contributed by atoms with E-state index in [1.54, 1.807) is 23.7 Å². The van der Waals surface area contributed by atoms with Gasteiger partial charge in [-0.1, -0.05) is 17.7 Å². The minimum absolute atomic E-state index is 0.104. The van der Waals surface area contributed by atoms with Crippen molar-refractivity contribution in [3.63, 3.8) is 0 Å². The van der Waals surface area contributed by atoms with E-state index in [2.05, 4.69) is 33.9 Å². The third-order valence-corrected chi connectivity index (χ3v) is 6.77. The molecule has 0 spiro atoms. The number of rotatable bonds is 6. The quantitative estimate of drug-likeness (QED) is 0.496. The Morgan fingerprint density at radius 1 is 1.11 bits per heavy atom. The molecule has 35 heavy (non-hydrogen) atoms. The lowest BCUT2D eigenvalue weighted by molar-refractivity contribution is 0.0691. The number of hydrogen-bond acceptors (Lipinski definition) is 7. The fourth-order valence-electron chi connectivity index (χ4n) is 4.62. The maximum absolute atomic E-state index is 13.4. The normalized spacial score (nSPS) is 15.6. The molecule has 3 heterocycles. The number of nitrogens with zero attached hydrogens (tertiary/aromatic N) is 5. The lowest BCUT2D eigenvalue weighted by Crippen LogP contribution is -2.50. The van der Waals surface area contributed by atoms with Crippen LogP contribution in [-0.4, -0.2) is 62.7 Å². The summed E-state index contributed by atoms with van der Waals surface area (Å²) in [6.07, 6.45) is 0. The Labute approximate surface area is 209 Å². The van der Waals surface area contributed by atoms with Gasteiger partial charge in [0.05, 0.1) is 22.6 Å². The van der Waals surface area contributed by atoms with Gasteiger partial charge < -0.3 is 15.3 Å². The van der Waals surface area contributed by atoms with Gasteiger partial charge in [0, 0.05) is 44.8 Å². The summed E-state index contributed by atoms with van der Waals surface area (Å²) in [6, 6.07) is 7.11. The highest BCUT2D eigenvalue weighted by atomic mass is 35.5. The molecule has 1 saturated heterocycles. The number of aromatic nitrogens is 3. The number of halogens is 1. The van der Waals surface area contributed by atoms with E-state index in [1.165, 1.54) is 0 Å². The second kappa shape index (κ2) is 9.83. The van der Waals surface area contributed by atoms with Crippen LogP contribution in [0.25, 0.3) is 10.9 Å². The highest BCUT2D eigenvalue weighted by Gasteiger charge is 2.24. The number of carbonyl (C=O) groups is 1. The molecular weight excluding hydrogens is 468 g/mol. The molecule has 1 fully saturated rings. The lowest BCUT2D eigenvalue weighted by Gasteiger charge is -2.37. The Bertz CT molecular complexity index is 1330. The van der Waals surface area contributed by atoms with Crippen molar-refractivity contribution in [1.29, 1.82) is 0 Å². The zero-order chi connectivity index (χ0) is 25.4. The fraction of sp³-hybridized carbons (Fsp3) is 0.440. The number of carboxylic acids is 1. The maximum atomic E-state index is 13.4. The second-order valence-corrected chi connectivity index (χ2v) is 9.73. The van der Waals surface area contributed by atoms with Gasteiger partial charge in [0.25, 0.3) is 5.56 Å². The van der Waals surface area contributed by atoms with Gasteiger partial charge in [-0.25, -0.2) is 14.8 Å². The van der Waals surface area contributed by atoms with Gasteiger partial charge in [-0.2, -0.15) is 0 Å². The number of carboxylic acid groups (broad SMARTS) is 1. The number of piperazine rings is 1. The molecule has 0 bridgehead atoms. The van der Waals surface area contributed by atoms with Gasteiger partial charge in [0.2, 0.25) is 5.95 Å². The number of pyridine rings is 1. The highest BCUT2D eigenvalue weighted by molar-refractivity contribution is 6.29. The van der Waals surface area contributed by atoms with E-state index in [9.17, 15) is 14.7 Å². The number of benzene rings is 1. The molecule has 1 aliphatic heterocycles. The average Bonchev–Trinajstić information content (AvgIpc) is 2.82. The van der Waals surface area contributed by atoms with Crippen LogP contribution in [0.1, 0.15) is 48.4 Å². The smallest absolute Gasteiger partial charge is 0.356 e. The minimum atomic E-state index is -1.17. The van der Waals surface area contributed by atoms with Crippen LogP contribution >= 0.6 is 11.6 Å². The summed E-state index contributed by atoms with van der Waals surface area (Å²) in [5.41, 5.74) is 2.43. The van der Waals surface area contributed by atoms with Crippen LogP contribution < -0.4 is 15.8 Å². The Morgan fingerprint density at radius 2 is 1.80 bits per heavy atom. The molecule has 0 unspecified atom stereocenters. The first-order valence-corrected chi connectivity index (χ1v) is 12.1. The van der Waals surface area contributed by atoms with Crippen molar-refractivity contribution in [3.8, 4) is 0 Å². The molecule has 3 aromatic rings. The Balaban J connectivity index is 1.76. The van der Waals surface area contributed by atoms with Crippen molar-refractivity contribution in [2.24, 2.45) is 7.05 Å². The van der Waals surface area contributed by atoms with Crippen molar-refractivity contribution < 1.29 is 9.90 Å². The molecule has 2 aromatic heterocycles. The Hall–Kier alpha value is -3.17.